The van der Waals surface area contributed by atoms with Gasteiger partial charge in [-0.3, -0.25) is 4.79 Å². The lowest BCUT2D eigenvalue weighted by atomic mass is 10.1. The van der Waals surface area contributed by atoms with E-state index in [-0.39, 0.29) is 5.91 Å². The maximum absolute atomic E-state index is 12.3. The molecule has 4 nitrogen and oxygen atoms in total. The molecule has 2 aromatic heterocycles. The number of rotatable bonds is 3. The lowest BCUT2D eigenvalue weighted by molar-refractivity contribution is 0.103. The van der Waals surface area contributed by atoms with Gasteiger partial charge in [0.15, 0.2) is 0 Å². The average molecular weight is 316 g/mol. The van der Waals surface area contributed by atoms with Crippen LogP contribution in [0, 0.1) is 0 Å². The maximum atomic E-state index is 12.3. The zero-order valence-corrected chi connectivity index (χ0v) is 12.4. The van der Waals surface area contributed by atoms with E-state index >= 15 is 0 Å². The van der Waals surface area contributed by atoms with Gasteiger partial charge in [0, 0.05) is 11.8 Å². The molecule has 0 spiro atoms. The fourth-order valence-electron chi connectivity index (χ4n) is 1.83. The van der Waals surface area contributed by atoms with Crippen LogP contribution >= 0.6 is 22.9 Å². The van der Waals surface area contributed by atoms with Gasteiger partial charge in [0.25, 0.3) is 5.91 Å². The van der Waals surface area contributed by atoms with Crippen LogP contribution in [-0.4, -0.2) is 15.9 Å². The average Bonchev–Trinajstić information content (AvgIpc) is 3.00. The van der Waals surface area contributed by atoms with Gasteiger partial charge in [0.1, 0.15) is 10.7 Å². The number of thiazole rings is 1. The van der Waals surface area contributed by atoms with Crippen molar-refractivity contribution in [3.05, 3.63) is 64.1 Å². The predicted molar refractivity (Wildman–Crippen MR) is 84.8 cm³/mol. The molecule has 3 rings (SSSR count). The molecular weight excluding hydrogens is 306 g/mol. The van der Waals surface area contributed by atoms with E-state index in [2.05, 4.69) is 15.3 Å². The van der Waals surface area contributed by atoms with E-state index < -0.39 is 0 Å². The molecule has 0 radical (unpaired) electrons. The topological polar surface area (TPSA) is 54.9 Å². The maximum Gasteiger partial charge on any atom is 0.269 e. The second kappa shape index (κ2) is 6.03. The second-order valence-corrected chi connectivity index (χ2v) is 5.50. The smallest absolute Gasteiger partial charge is 0.269 e. The highest BCUT2D eigenvalue weighted by atomic mass is 35.5. The Morgan fingerprint density at radius 3 is 2.62 bits per heavy atom. The lowest BCUT2D eigenvalue weighted by Crippen LogP contribution is -2.12. The largest absolute Gasteiger partial charge is 0.306 e. The van der Waals surface area contributed by atoms with Crippen molar-refractivity contribution in [2.24, 2.45) is 0 Å². The van der Waals surface area contributed by atoms with Gasteiger partial charge >= 0.3 is 0 Å². The zero-order chi connectivity index (χ0) is 14.7. The third-order valence-corrected chi connectivity index (χ3v) is 3.84. The van der Waals surface area contributed by atoms with E-state index in [9.17, 15) is 4.79 Å². The summed E-state index contributed by atoms with van der Waals surface area (Å²) in [4.78, 5) is 21.2. The highest BCUT2D eigenvalue weighted by Gasteiger charge is 2.16. The van der Waals surface area contributed by atoms with Gasteiger partial charge in [0.05, 0.1) is 16.2 Å². The lowest BCUT2D eigenvalue weighted by Gasteiger charge is -2.04. The molecular formula is C15H10ClN3OS. The minimum absolute atomic E-state index is 0.230. The minimum atomic E-state index is -0.230. The molecule has 0 saturated heterocycles. The molecule has 2 heterocycles. The van der Waals surface area contributed by atoms with Crippen LogP contribution in [0.3, 0.4) is 0 Å². The first-order chi connectivity index (χ1) is 10.2. The fraction of sp³-hybridized carbons (Fsp3) is 0. The normalized spacial score (nSPS) is 10.3. The Balaban J connectivity index is 1.86. The number of halogens is 1. The van der Waals surface area contributed by atoms with Gasteiger partial charge in [-0.05, 0) is 12.1 Å². The molecule has 0 aliphatic carbocycles. The van der Waals surface area contributed by atoms with Crippen LogP contribution in [0.2, 0.25) is 5.02 Å². The summed E-state index contributed by atoms with van der Waals surface area (Å²) in [5.41, 5.74) is 3.24. The Morgan fingerprint density at radius 2 is 1.90 bits per heavy atom. The van der Waals surface area contributed by atoms with Crippen LogP contribution in [0.25, 0.3) is 11.3 Å². The first-order valence-electron chi connectivity index (χ1n) is 6.16. The van der Waals surface area contributed by atoms with Crippen LogP contribution in [0.5, 0.6) is 0 Å². The number of aromatic nitrogens is 2. The molecule has 0 aliphatic heterocycles. The van der Waals surface area contributed by atoms with Crippen LogP contribution in [0.15, 0.2) is 54.2 Å². The second-order valence-electron chi connectivity index (χ2n) is 4.21. The van der Waals surface area contributed by atoms with E-state index in [0.717, 1.165) is 5.56 Å². The van der Waals surface area contributed by atoms with Crippen molar-refractivity contribution in [3.63, 3.8) is 0 Å². The Labute approximate surface area is 130 Å². The SMILES string of the molecule is O=C(Nc1ccc(Cl)cn1)c1scnc1-c1ccccc1. The summed E-state index contributed by atoms with van der Waals surface area (Å²) in [7, 11) is 0. The predicted octanol–water partition coefficient (Wildman–Crippen LogP) is 4.11. The molecule has 1 N–H and O–H groups in total. The van der Waals surface area contributed by atoms with E-state index in [0.29, 0.717) is 21.4 Å². The van der Waals surface area contributed by atoms with Gasteiger partial charge in [-0.15, -0.1) is 11.3 Å². The van der Waals surface area contributed by atoms with Crippen LogP contribution in [0.1, 0.15) is 9.67 Å². The van der Waals surface area contributed by atoms with Crippen molar-refractivity contribution in [2.45, 2.75) is 0 Å². The summed E-state index contributed by atoms with van der Waals surface area (Å²) in [6, 6.07) is 12.9. The highest BCUT2D eigenvalue weighted by Crippen LogP contribution is 2.26. The summed E-state index contributed by atoms with van der Waals surface area (Å²) in [6.07, 6.45) is 1.49. The summed E-state index contributed by atoms with van der Waals surface area (Å²) in [6.45, 7) is 0. The molecule has 0 atom stereocenters. The number of hydrogen-bond acceptors (Lipinski definition) is 4. The molecule has 0 unspecified atom stereocenters. The fourth-order valence-corrected chi connectivity index (χ4v) is 2.65. The number of carbonyl (C=O) groups excluding carboxylic acids is 1. The summed E-state index contributed by atoms with van der Waals surface area (Å²) in [5.74, 6) is 0.225. The van der Waals surface area contributed by atoms with Gasteiger partial charge in [-0.25, -0.2) is 9.97 Å². The van der Waals surface area contributed by atoms with Crippen LogP contribution in [0.4, 0.5) is 5.82 Å². The van der Waals surface area contributed by atoms with E-state index in [4.69, 9.17) is 11.6 Å². The number of benzene rings is 1. The number of pyridine rings is 1. The third kappa shape index (κ3) is 3.09. The number of hydrogen-bond donors (Lipinski definition) is 1. The van der Waals surface area contributed by atoms with Crippen molar-refractivity contribution in [2.75, 3.05) is 5.32 Å². The highest BCUT2D eigenvalue weighted by molar-refractivity contribution is 7.12. The monoisotopic (exact) mass is 315 g/mol. The minimum Gasteiger partial charge on any atom is -0.306 e. The van der Waals surface area contributed by atoms with Crippen molar-refractivity contribution in [1.82, 2.24) is 9.97 Å². The molecule has 0 aliphatic rings. The third-order valence-electron chi connectivity index (χ3n) is 2.79. The zero-order valence-electron chi connectivity index (χ0n) is 10.8. The number of amides is 1. The number of carbonyl (C=O) groups is 1. The number of anilines is 1. The Morgan fingerprint density at radius 1 is 1.10 bits per heavy atom. The molecule has 3 aromatic rings. The van der Waals surface area contributed by atoms with Crippen molar-refractivity contribution in [3.8, 4) is 11.3 Å². The molecule has 21 heavy (non-hydrogen) atoms. The van der Waals surface area contributed by atoms with Gasteiger partial charge in [-0.1, -0.05) is 41.9 Å². The van der Waals surface area contributed by atoms with E-state index in [1.165, 1.54) is 17.5 Å². The van der Waals surface area contributed by atoms with E-state index in [1.807, 2.05) is 30.3 Å². The van der Waals surface area contributed by atoms with Gasteiger partial charge in [0.2, 0.25) is 0 Å². The Kier molecular flexibility index (Phi) is 3.94. The molecule has 104 valence electrons. The van der Waals surface area contributed by atoms with Gasteiger partial charge in [-0.2, -0.15) is 0 Å². The molecule has 0 saturated carbocycles. The quantitative estimate of drug-likeness (QED) is 0.791. The van der Waals surface area contributed by atoms with Crippen molar-refractivity contribution >= 4 is 34.7 Å². The Bertz CT molecular complexity index is 756. The molecule has 0 fully saturated rings. The number of nitrogens with zero attached hydrogens (tertiary/aromatic N) is 2. The van der Waals surface area contributed by atoms with Crippen LogP contribution < -0.4 is 5.32 Å². The van der Waals surface area contributed by atoms with Gasteiger partial charge < -0.3 is 5.32 Å². The van der Waals surface area contributed by atoms with Crippen LogP contribution in [-0.2, 0) is 0 Å². The number of nitrogens with one attached hydrogen (secondary N) is 1. The first kappa shape index (κ1) is 13.7. The van der Waals surface area contributed by atoms with Crippen molar-refractivity contribution < 1.29 is 4.79 Å². The van der Waals surface area contributed by atoms with E-state index in [1.54, 1.807) is 17.6 Å². The first-order valence-corrected chi connectivity index (χ1v) is 7.41. The summed E-state index contributed by atoms with van der Waals surface area (Å²) >= 11 is 7.07. The summed E-state index contributed by atoms with van der Waals surface area (Å²) in [5, 5.41) is 3.27. The summed E-state index contributed by atoms with van der Waals surface area (Å²) < 4.78 is 0. The molecule has 6 heteroatoms. The molecule has 1 amide bonds. The van der Waals surface area contributed by atoms with Crippen molar-refractivity contribution in [1.29, 1.82) is 0 Å². The standard InChI is InChI=1S/C15H10ClN3OS/c16-11-6-7-12(17-8-11)19-15(20)14-13(18-9-21-14)10-4-2-1-3-5-10/h1-9H,(H,17,19,20). The molecule has 1 aromatic carbocycles. The molecule has 0 bridgehead atoms. The Hall–Kier alpha value is -2.24.